The molecule has 0 atom stereocenters. The highest BCUT2D eigenvalue weighted by Gasteiger charge is 2.26. The van der Waals surface area contributed by atoms with Crippen LogP contribution in [0.3, 0.4) is 0 Å². The molecule has 0 unspecified atom stereocenters. The summed E-state index contributed by atoms with van der Waals surface area (Å²) in [6.07, 6.45) is 2.35. The number of hydrogen-bond acceptors (Lipinski definition) is 4. The fourth-order valence-electron chi connectivity index (χ4n) is 3.43. The summed E-state index contributed by atoms with van der Waals surface area (Å²) in [5.41, 5.74) is 2.26. The van der Waals surface area contributed by atoms with Crippen LogP contribution in [0.15, 0.2) is 30.3 Å². The van der Waals surface area contributed by atoms with Gasteiger partial charge in [0.2, 0.25) is 0 Å². The maximum absolute atomic E-state index is 12.6. The van der Waals surface area contributed by atoms with E-state index < -0.39 is 0 Å². The minimum Gasteiger partial charge on any atom is -0.462 e. The first kappa shape index (κ1) is 18.6. The van der Waals surface area contributed by atoms with Gasteiger partial charge in [0.15, 0.2) is 6.54 Å². The number of thiophene rings is 1. The number of hydrogen-bond donors (Lipinski definition) is 2. The van der Waals surface area contributed by atoms with E-state index in [1.165, 1.54) is 29.1 Å². The highest BCUT2D eigenvalue weighted by Crippen LogP contribution is 2.40. The van der Waals surface area contributed by atoms with Gasteiger partial charge in [-0.15, -0.1) is 11.3 Å². The molecule has 3 rings (SSSR count). The monoisotopic (exact) mass is 373 g/mol. The number of benzene rings is 1. The summed E-state index contributed by atoms with van der Waals surface area (Å²) in [4.78, 5) is 27.4. The van der Waals surface area contributed by atoms with Gasteiger partial charge >= 0.3 is 5.97 Å². The average Bonchev–Trinajstić information content (AvgIpc) is 3.23. The highest BCUT2D eigenvalue weighted by molar-refractivity contribution is 7.17. The van der Waals surface area contributed by atoms with E-state index in [4.69, 9.17) is 4.74 Å². The van der Waals surface area contributed by atoms with Gasteiger partial charge in [-0.25, -0.2) is 4.79 Å². The van der Waals surface area contributed by atoms with Crippen molar-refractivity contribution in [2.75, 3.05) is 31.6 Å². The number of ether oxygens (including phenoxy) is 1. The van der Waals surface area contributed by atoms with Crippen LogP contribution in [0, 0.1) is 6.92 Å². The Kier molecular flexibility index (Phi) is 6.06. The van der Waals surface area contributed by atoms with Crippen molar-refractivity contribution in [1.29, 1.82) is 0 Å². The summed E-state index contributed by atoms with van der Waals surface area (Å²) in [6.45, 7) is 6.58. The number of amides is 1. The van der Waals surface area contributed by atoms with Crippen molar-refractivity contribution in [1.82, 2.24) is 0 Å². The molecule has 0 aliphatic carbocycles. The Morgan fingerprint density at radius 3 is 2.54 bits per heavy atom. The number of likely N-dealkylation sites (tertiary alicyclic amines) is 1. The fraction of sp³-hybridized carbons (Fsp3) is 0.400. The molecule has 1 fully saturated rings. The number of anilines is 1. The van der Waals surface area contributed by atoms with E-state index in [0.717, 1.165) is 29.1 Å². The summed E-state index contributed by atoms with van der Waals surface area (Å²) in [5, 5.41) is 3.55. The molecule has 1 amide bonds. The second-order valence-corrected chi connectivity index (χ2v) is 7.73. The van der Waals surface area contributed by atoms with E-state index in [1.54, 1.807) is 6.92 Å². The van der Waals surface area contributed by atoms with Crippen LogP contribution in [0.2, 0.25) is 0 Å². The lowest BCUT2D eigenvalue weighted by Gasteiger charge is -2.12. The lowest BCUT2D eigenvalue weighted by molar-refractivity contribution is -0.878. The number of carbonyl (C=O) groups excluding carboxylic acids is 2. The van der Waals surface area contributed by atoms with Gasteiger partial charge in [0.05, 0.1) is 19.7 Å². The number of quaternary nitrogens is 1. The van der Waals surface area contributed by atoms with Crippen LogP contribution in [0.25, 0.3) is 11.1 Å². The van der Waals surface area contributed by atoms with Gasteiger partial charge in [-0.1, -0.05) is 30.3 Å². The minimum absolute atomic E-state index is 0.0479. The van der Waals surface area contributed by atoms with Crippen molar-refractivity contribution < 1.29 is 19.2 Å². The smallest absolute Gasteiger partial charge is 0.341 e. The number of aryl methyl sites for hydroxylation is 1. The summed E-state index contributed by atoms with van der Waals surface area (Å²) >= 11 is 1.43. The second-order valence-electron chi connectivity index (χ2n) is 6.51. The van der Waals surface area contributed by atoms with Crippen LogP contribution in [0.1, 0.15) is 35.0 Å². The number of rotatable bonds is 6. The van der Waals surface area contributed by atoms with Crippen LogP contribution < -0.4 is 10.2 Å². The minimum atomic E-state index is -0.389. The summed E-state index contributed by atoms with van der Waals surface area (Å²) in [6, 6.07) is 9.76. The SMILES string of the molecule is CCOC(=O)c1c(NC(=O)C[NH+]2CCCC2)sc(C)c1-c1ccccc1. The van der Waals surface area contributed by atoms with E-state index in [1.807, 2.05) is 37.3 Å². The summed E-state index contributed by atoms with van der Waals surface area (Å²) in [7, 11) is 0. The first-order valence-electron chi connectivity index (χ1n) is 9.09. The zero-order chi connectivity index (χ0) is 18.5. The molecule has 1 aliphatic heterocycles. The quantitative estimate of drug-likeness (QED) is 0.765. The predicted molar refractivity (Wildman–Crippen MR) is 104 cm³/mol. The van der Waals surface area contributed by atoms with Crippen LogP contribution >= 0.6 is 11.3 Å². The van der Waals surface area contributed by atoms with E-state index in [-0.39, 0.29) is 11.9 Å². The third kappa shape index (κ3) is 4.14. The van der Waals surface area contributed by atoms with Gasteiger partial charge in [0, 0.05) is 23.3 Å². The standard InChI is InChI=1S/C20H24N2O3S/c1-3-25-20(24)18-17(15-9-5-4-6-10-15)14(2)26-19(18)21-16(23)13-22-11-7-8-12-22/h4-6,9-10H,3,7-8,11-13H2,1-2H3,(H,21,23)/p+1. The van der Waals surface area contributed by atoms with Crippen LogP contribution in [-0.4, -0.2) is 38.1 Å². The first-order valence-corrected chi connectivity index (χ1v) is 9.91. The zero-order valence-electron chi connectivity index (χ0n) is 15.3. The first-order chi connectivity index (χ1) is 12.6. The molecule has 0 saturated carbocycles. The number of carbonyl (C=O) groups is 2. The number of nitrogens with one attached hydrogen (secondary N) is 2. The third-order valence-corrected chi connectivity index (χ3v) is 5.62. The van der Waals surface area contributed by atoms with Crippen molar-refractivity contribution >= 4 is 28.2 Å². The molecule has 2 N–H and O–H groups in total. The fourth-order valence-corrected chi connectivity index (χ4v) is 4.51. The van der Waals surface area contributed by atoms with Crippen molar-refractivity contribution in [2.24, 2.45) is 0 Å². The Labute approximate surface area is 158 Å². The van der Waals surface area contributed by atoms with Crippen LogP contribution in [-0.2, 0) is 9.53 Å². The molecule has 1 aromatic heterocycles. The van der Waals surface area contributed by atoms with Crippen molar-refractivity contribution in [3.05, 3.63) is 40.8 Å². The normalized spacial score (nSPS) is 14.4. The van der Waals surface area contributed by atoms with E-state index in [2.05, 4.69) is 5.32 Å². The Morgan fingerprint density at radius 1 is 1.19 bits per heavy atom. The number of esters is 1. The van der Waals surface area contributed by atoms with Gasteiger partial charge < -0.3 is 15.0 Å². The Hall–Kier alpha value is -2.18. The van der Waals surface area contributed by atoms with Gasteiger partial charge in [-0.3, -0.25) is 4.79 Å². The van der Waals surface area contributed by atoms with Crippen LogP contribution in [0.4, 0.5) is 5.00 Å². The maximum atomic E-state index is 12.6. The summed E-state index contributed by atoms with van der Waals surface area (Å²) < 4.78 is 5.27. The van der Waals surface area contributed by atoms with Crippen LogP contribution in [0.5, 0.6) is 0 Å². The van der Waals surface area contributed by atoms with Gasteiger partial charge in [0.25, 0.3) is 5.91 Å². The Balaban J connectivity index is 1.91. The highest BCUT2D eigenvalue weighted by atomic mass is 32.1. The van der Waals surface area contributed by atoms with Gasteiger partial charge in [-0.05, 0) is 19.4 Å². The molecule has 1 aliphatic rings. The molecule has 0 spiro atoms. The molecule has 5 nitrogen and oxygen atoms in total. The average molecular weight is 373 g/mol. The largest absolute Gasteiger partial charge is 0.462 e. The molecule has 2 aromatic rings. The van der Waals surface area contributed by atoms with E-state index >= 15 is 0 Å². The summed E-state index contributed by atoms with van der Waals surface area (Å²) in [5.74, 6) is -0.437. The van der Waals surface area contributed by atoms with Crippen molar-refractivity contribution in [3.63, 3.8) is 0 Å². The molecule has 6 heteroatoms. The Morgan fingerprint density at radius 2 is 1.88 bits per heavy atom. The third-order valence-electron chi connectivity index (χ3n) is 4.60. The van der Waals surface area contributed by atoms with E-state index in [9.17, 15) is 9.59 Å². The molecule has 2 heterocycles. The van der Waals surface area contributed by atoms with Crippen molar-refractivity contribution in [2.45, 2.75) is 26.7 Å². The van der Waals surface area contributed by atoms with Gasteiger partial charge in [-0.2, -0.15) is 0 Å². The lowest BCUT2D eigenvalue weighted by atomic mass is 10.0. The molecule has 0 radical (unpaired) electrons. The van der Waals surface area contributed by atoms with Gasteiger partial charge in [0.1, 0.15) is 10.6 Å². The molecule has 1 saturated heterocycles. The zero-order valence-corrected chi connectivity index (χ0v) is 16.1. The predicted octanol–water partition coefficient (Wildman–Crippen LogP) is 2.52. The second kappa shape index (κ2) is 8.47. The molecule has 0 bridgehead atoms. The molecule has 26 heavy (non-hydrogen) atoms. The molecule has 1 aromatic carbocycles. The Bertz CT molecular complexity index is 780. The topological polar surface area (TPSA) is 59.8 Å². The lowest BCUT2D eigenvalue weighted by Crippen LogP contribution is -3.11. The maximum Gasteiger partial charge on any atom is 0.341 e. The molecule has 138 valence electrons. The van der Waals surface area contributed by atoms with Crippen molar-refractivity contribution in [3.8, 4) is 11.1 Å². The molecular weight excluding hydrogens is 348 g/mol. The van der Waals surface area contributed by atoms with E-state index in [0.29, 0.717) is 23.7 Å². The molecular formula is C20H25N2O3S+.